The number of piperazine rings is 1. The molecule has 0 atom stereocenters. The number of carbonyl (C=O) groups excluding carboxylic acids is 1. The number of allylic oxidation sites excluding steroid dienone is 3. The summed E-state index contributed by atoms with van der Waals surface area (Å²) in [7, 11) is 2.15. The normalized spacial score (nSPS) is 19.1. The highest BCUT2D eigenvalue weighted by atomic mass is 16.5. The molecular weight excluding hydrogens is 388 g/mol. The molecule has 1 aromatic carbocycles. The van der Waals surface area contributed by atoms with Gasteiger partial charge in [0, 0.05) is 37.9 Å². The number of nitrogens with zero attached hydrogens (tertiary/aromatic N) is 4. The lowest BCUT2D eigenvalue weighted by atomic mass is 9.98. The van der Waals surface area contributed by atoms with Gasteiger partial charge in [0.05, 0.1) is 0 Å². The predicted molar refractivity (Wildman–Crippen MR) is 125 cm³/mol. The molecule has 1 saturated heterocycles. The van der Waals surface area contributed by atoms with Gasteiger partial charge >= 0.3 is 0 Å². The molecule has 0 amide bonds. The molecule has 6 heteroatoms. The first-order valence-corrected chi connectivity index (χ1v) is 10.6. The highest BCUT2D eigenvalue weighted by molar-refractivity contribution is 6.18. The number of hydrogen-bond acceptors (Lipinski definition) is 6. The molecule has 1 aromatic heterocycles. The van der Waals surface area contributed by atoms with Crippen LogP contribution >= 0.6 is 0 Å². The molecule has 0 N–H and O–H groups in total. The monoisotopic (exact) mass is 416 g/mol. The van der Waals surface area contributed by atoms with Crippen LogP contribution in [0.15, 0.2) is 64.5 Å². The first-order valence-electron chi connectivity index (χ1n) is 10.6. The molecule has 2 aromatic rings. The lowest BCUT2D eigenvalue weighted by Gasteiger charge is -2.33. The number of anilines is 1. The number of pyridine rings is 1. The molecule has 2 aliphatic rings. The lowest BCUT2D eigenvalue weighted by Crippen LogP contribution is -2.44. The number of carbonyl (C=O) groups is 1. The second kappa shape index (κ2) is 8.86. The summed E-state index contributed by atoms with van der Waals surface area (Å²) in [6, 6.07) is 11.8. The average Bonchev–Trinajstić information content (AvgIpc) is 2.82. The predicted octanol–water partition coefficient (Wildman–Crippen LogP) is 4.26. The molecular formula is C25H28N4O2. The maximum atomic E-state index is 11.4. The Bertz CT molecular complexity index is 1070. The van der Waals surface area contributed by atoms with E-state index in [0.29, 0.717) is 22.8 Å². The first-order chi connectivity index (χ1) is 15.0. The van der Waals surface area contributed by atoms with Crippen LogP contribution in [0.2, 0.25) is 0 Å². The summed E-state index contributed by atoms with van der Waals surface area (Å²) >= 11 is 0. The van der Waals surface area contributed by atoms with Crippen LogP contribution in [0.25, 0.3) is 5.57 Å². The SMILES string of the molecule is C/C(C=O)=C(\C)C1=Nc2ccccc2O/C1=C(/C)c1ccc(N2CCN(C)CC2)nc1. The van der Waals surface area contributed by atoms with Crippen molar-refractivity contribution in [1.82, 2.24) is 9.88 Å². The number of ether oxygens (including phenoxy) is 1. The van der Waals surface area contributed by atoms with Gasteiger partial charge in [-0.15, -0.1) is 0 Å². The van der Waals surface area contributed by atoms with Crippen LogP contribution in [0.3, 0.4) is 0 Å². The van der Waals surface area contributed by atoms with Crippen LogP contribution in [0.1, 0.15) is 26.3 Å². The summed E-state index contributed by atoms with van der Waals surface area (Å²) in [6.45, 7) is 9.76. The summed E-state index contributed by atoms with van der Waals surface area (Å²) in [5.74, 6) is 2.36. The molecule has 0 spiro atoms. The Kier molecular flexibility index (Phi) is 6.00. The smallest absolute Gasteiger partial charge is 0.157 e. The van der Waals surface area contributed by atoms with Crippen LogP contribution in [-0.2, 0) is 4.79 Å². The third-order valence-corrected chi connectivity index (χ3v) is 6.00. The van der Waals surface area contributed by atoms with E-state index in [1.165, 1.54) is 0 Å². The number of para-hydroxylation sites is 2. The third-order valence-electron chi connectivity index (χ3n) is 6.00. The molecule has 0 aliphatic carbocycles. The standard InChI is InChI=1S/C25H28N4O2/c1-17(16-30)18(2)24-25(31-22-8-6-5-7-21(22)27-24)19(3)20-9-10-23(26-15-20)29-13-11-28(4)12-14-29/h5-10,15-16H,11-14H2,1-4H3/b18-17-,25-19-. The van der Waals surface area contributed by atoms with Crippen molar-refractivity contribution in [1.29, 1.82) is 0 Å². The van der Waals surface area contributed by atoms with Gasteiger partial charge in [-0.3, -0.25) is 4.79 Å². The van der Waals surface area contributed by atoms with Gasteiger partial charge in [0.15, 0.2) is 11.5 Å². The zero-order valence-corrected chi connectivity index (χ0v) is 18.6. The van der Waals surface area contributed by atoms with E-state index in [9.17, 15) is 4.79 Å². The van der Waals surface area contributed by atoms with Crippen LogP contribution < -0.4 is 9.64 Å². The maximum absolute atomic E-state index is 11.4. The van der Waals surface area contributed by atoms with Crippen LogP contribution in [0, 0.1) is 0 Å². The number of aromatic nitrogens is 1. The van der Waals surface area contributed by atoms with Gasteiger partial charge in [-0.2, -0.15) is 0 Å². The molecule has 0 bridgehead atoms. The Balaban J connectivity index is 1.71. The van der Waals surface area contributed by atoms with Crippen molar-refractivity contribution in [3.8, 4) is 5.75 Å². The van der Waals surface area contributed by atoms with Crippen molar-refractivity contribution in [3.63, 3.8) is 0 Å². The maximum Gasteiger partial charge on any atom is 0.157 e. The molecule has 2 aliphatic heterocycles. The van der Waals surface area contributed by atoms with Crippen LogP contribution in [0.5, 0.6) is 5.75 Å². The molecule has 3 heterocycles. The fraction of sp³-hybridized carbons (Fsp3) is 0.320. The summed E-state index contributed by atoms with van der Waals surface area (Å²) < 4.78 is 6.29. The van der Waals surface area contributed by atoms with Gasteiger partial charge < -0.3 is 14.5 Å². The van der Waals surface area contributed by atoms with Gasteiger partial charge in [-0.1, -0.05) is 12.1 Å². The highest BCUT2D eigenvalue weighted by Crippen LogP contribution is 2.37. The van der Waals surface area contributed by atoms with Gasteiger partial charge in [0.25, 0.3) is 0 Å². The molecule has 4 rings (SSSR count). The highest BCUT2D eigenvalue weighted by Gasteiger charge is 2.24. The number of fused-ring (bicyclic) bond motifs is 1. The zero-order chi connectivity index (χ0) is 22.0. The summed E-state index contributed by atoms with van der Waals surface area (Å²) in [4.78, 5) is 25.6. The molecule has 31 heavy (non-hydrogen) atoms. The Morgan fingerprint density at radius 3 is 2.45 bits per heavy atom. The second-order valence-electron chi connectivity index (χ2n) is 8.11. The van der Waals surface area contributed by atoms with E-state index < -0.39 is 0 Å². The number of aliphatic imine (C=N–C) groups is 1. The summed E-state index contributed by atoms with van der Waals surface area (Å²) in [5, 5.41) is 0. The number of benzene rings is 1. The Labute approximate surface area is 183 Å². The van der Waals surface area contributed by atoms with Gasteiger partial charge in [0.2, 0.25) is 0 Å². The van der Waals surface area contributed by atoms with Gasteiger partial charge in [0.1, 0.15) is 23.5 Å². The van der Waals surface area contributed by atoms with Gasteiger partial charge in [-0.25, -0.2) is 9.98 Å². The van der Waals surface area contributed by atoms with Crippen molar-refractivity contribution in [2.24, 2.45) is 4.99 Å². The number of rotatable bonds is 4. The molecule has 1 fully saturated rings. The fourth-order valence-electron chi connectivity index (χ4n) is 3.71. The minimum atomic E-state index is 0.635. The topological polar surface area (TPSA) is 58.0 Å². The number of hydrogen-bond donors (Lipinski definition) is 0. The van der Waals surface area contributed by atoms with Crippen molar-refractivity contribution < 1.29 is 9.53 Å². The average molecular weight is 417 g/mol. The van der Waals surface area contributed by atoms with E-state index in [-0.39, 0.29) is 0 Å². The minimum Gasteiger partial charge on any atom is -0.453 e. The van der Waals surface area contributed by atoms with Gasteiger partial charge in [-0.05, 0) is 68.8 Å². The lowest BCUT2D eigenvalue weighted by molar-refractivity contribution is -0.104. The molecule has 0 radical (unpaired) electrons. The van der Waals surface area contributed by atoms with Crippen LogP contribution in [-0.4, -0.2) is 55.1 Å². The van der Waals surface area contributed by atoms with E-state index in [2.05, 4.69) is 29.0 Å². The Morgan fingerprint density at radius 1 is 1.03 bits per heavy atom. The van der Waals surface area contributed by atoms with Crippen molar-refractivity contribution >= 4 is 29.1 Å². The largest absolute Gasteiger partial charge is 0.453 e. The number of likely N-dealkylation sites (N-methyl/N-ethyl adjacent to an activating group) is 1. The summed E-state index contributed by atoms with van der Waals surface area (Å²) in [5.41, 5.74) is 4.79. The third kappa shape index (κ3) is 4.30. The quantitative estimate of drug-likeness (QED) is 0.550. The fourth-order valence-corrected chi connectivity index (χ4v) is 3.71. The Morgan fingerprint density at radius 2 is 1.77 bits per heavy atom. The summed E-state index contributed by atoms with van der Waals surface area (Å²) in [6.07, 6.45) is 2.75. The molecule has 160 valence electrons. The van der Waals surface area contributed by atoms with Crippen molar-refractivity contribution in [2.45, 2.75) is 20.8 Å². The Hall–Kier alpha value is -3.25. The second-order valence-corrected chi connectivity index (χ2v) is 8.11. The van der Waals surface area contributed by atoms with E-state index >= 15 is 0 Å². The first kappa shape index (κ1) is 21.0. The van der Waals surface area contributed by atoms with E-state index in [0.717, 1.165) is 60.7 Å². The van der Waals surface area contributed by atoms with E-state index in [1.807, 2.05) is 44.3 Å². The molecule has 0 saturated carbocycles. The molecule has 0 unspecified atom stereocenters. The molecule has 6 nitrogen and oxygen atoms in total. The van der Waals surface area contributed by atoms with Crippen molar-refractivity contribution in [2.75, 3.05) is 38.1 Å². The van der Waals surface area contributed by atoms with Crippen molar-refractivity contribution in [3.05, 3.63) is 65.1 Å². The zero-order valence-electron chi connectivity index (χ0n) is 18.6. The van der Waals surface area contributed by atoms with E-state index in [4.69, 9.17) is 14.7 Å². The van der Waals surface area contributed by atoms with E-state index in [1.54, 1.807) is 6.92 Å². The number of aldehydes is 1. The minimum absolute atomic E-state index is 0.635. The van der Waals surface area contributed by atoms with Crippen LogP contribution in [0.4, 0.5) is 11.5 Å².